The third-order valence-electron chi connectivity index (χ3n) is 3.14. The average molecular weight is 224 g/mol. The van der Waals surface area contributed by atoms with Crippen molar-refractivity contribution in [3.63, 3.8) is 0 Å². The van der Waals surface area contributed by atoms with Crippen LogP contribution in [0.5, 0.6) is 0 Å². The SMILES string of the molecule is C=CCC1OC(=O)c2c1ccc1ccccc21. The van der Waals surface area contributed by atoms with E-state index in [-0.39, 0.29) is 12.1 Å². The first-order valence-corrected chi connectivity index (χ1v) is 5.65. The van der Waals surface area contributed by atoms with Crippen LogP contribution in [0, 0.1) is 0 Å². The monoisotopic (exact) mass is 224 g/mol. The summed E-state index contributed by atoms with van der Waals surface area (Å²) >= 11 is 0. The number of hydrogen-bond acceptors (Lipinski definition) is 2. The van der Waals surface area contributed by atoms with Gasteiger partial charge in [0.1, 0.15) is 6.10 Å². The molecule has 0 aliphatic carbocycles. The molecule has 0 fully saturated rings. The van der Waals surface area contributed by atoms with Crippen molar-refractivity contribution in [1.82, 2.24) is 0 Å². The second-order valence-electron chi connectivity index (χ2n) is 4.17. The van der Waals surface area contributed by atoms with Crippen LogP contribution >= 0.6 is 0 Å². The molecule has 2 nitrogen and oxygen atoms in total. The Hall–Kier alpha value is -2.09. The highest BCUT2D eigenvalue weighted by molar-refractivity contribution is 6.07. The quantitative estimate of drug-likeness (QED) is 0.575. The van der Waals surface area contributed by atoms with E-state index in [2.05, 4.69) is 6.58 Å². The number of carbonyl (C=O) groups is 1. The van der Waals surface area contributed by atoms with Gasteiger partial charge in [0, 0.05) is 12.0 Å². The molecule has 0 amide bonds. The summed E-state index contributed by atoms with van der Waals surface area (Å²) in [6.45, 7) is 3.69. The van der Waals surface area contributed by atoms with Crippen molar-refractivity contribution >= 4 is 16.7 Å². The van der Waals surface area contributed by atoms with Gasteiger partial charge in [-0.15, -0.1) is 6.58 Å². The smallest absolute Gasteiger partial charge is 0.339 e. The van der Waals surface area contributed by atoms with E-state index in [9.17, 15) is 4.79 Å². The van der Waals surface area contributed by atoms with E-state index in [0.717, 1.165) is 21.9 Å². The molecular formula is C15H12O2. The Morgan fingerprint density at radius 1 is 1.24 bits per heavy atom. The highest BCUT2D eigenvalue weighted by atomic mass is 16.5. The number of cyclic esters (lactones) is 1. The minimum Gasteiger partial charge on any atom is -0.454 e. The van der Waals surface area contributed by atoms with Crippen LogP contribution in [-0.4, -0.2) is 5.97 Å². The molecule has 84 valence electrons. The Balaban J connectivity index is 2.27. The fourth-order valence-electron chi connectivity index (χ4n) is 2.36. The van der Waals surface area contributed by atoms with E-state index >= 15 is 0 Å². The fourth-order valence-corrected chi connectivity index (χ4v) is 2.36. The molecule has 2 aromatic carbocycles. The zero-order valence-electron chi connectivity index (χ0n) is 9.35. The lowest BCUT2D eigenvalue weighted by Crippen LogP contribution is -1.97. The zero-order chi connectivity index (χ0) is 11.8. The fraction of sp³-hybridized carbons (Fsp3) is 0.133. The Kier molecular flexibility index (Phi) is 2.22. The van der Waals surface area contributed by atoms with Crippen molar-refractivity contribution in [3.8, 4) is 0 Å². The molecule has 0 spiro atoms. The van der Waals surface area contributed by atoms with E-state index in [4.69, 9.17) is 4.74 Å². The summed E-state index contributed by atoms with van der Waals surface area (Å²) in [5.74, 6) is -0.219. The van der Waals surface area contributed by atoms with E-state index in [0.29, 0.717) is 6.42 Å². The van der Waals surface area contributed by atoms with Gasteiger partial charge >= 0.3 is 5.97 Å². The summed E-state index contributed by atoms with van der Waals surface area (Å²) in [7, 11) is 0. The maximum atomic E-state index is 11.9. The van der Waals surface area contributed by atoms with Crippen molar-refractivity contribution in [2.75, 3.05) is 0 Å². The normalized spacial score (nSPS) is 17.9. The highest BCUT2D eigenvalue weighted by Gasteiger charge is 2.31. The van der Waals surface area contributed by atoms with Crippen molar-refractivity contribution in [2.24, 2.45) is 0 Å². The first-order valence-electron chi connectivity index (χ1n) is 5.65. The van der Waals surface area contributed by atoms with Crippen LogP contribution in [0.15, 0.2) is 49.1 Å². The number of benzene rings is 2. The molecule has 1 aliphatic rings. The van der Waals surface area contributed by atoms with Gasteiger partial charge in [-0.2, -0.15) is 0 Å². The van der Waals surface area contributed by atoms with Gasteiger partial charge < -0.3 is 4.74 Å². The summed E-state index contributed by atoms with van der Waals surface area (Å²) in [6, 6.07) is 11.9. The molecule has 0 saturated heterocycles. The summed E-state index contributed by atoms with van der Waals surface area (Å²) in [5.41, 5.74) is 1.70. The standard InChI is InChI=1S/C15H12O2/c1-2-5-13-12-9-8-10-6-3-4-7-11(10)14(12)15(16)17-13/h2-4,6-9,13H,1,5H2. The Labute approximate surface area is 99.5 Å². The maximum Gasteiger partial charge on any atom is 0.339 e. The lowest BCUT2D eigenvalue weighted by Gasteiger charge is -2.07. The molecule has 0 saturated carbocycles. The zero-order valence-corrected chi connectivity index (χ0v) is 9.35. The van der Waals surface area contributed by atoms with Gasteiger partial charge in [0.2, 0.25) is 0 Å². The van der Waals surface area contributed by atoms with Crippen LogP contribution in [0.2, 0.25) is 0 Å². The molecule has 1 atom stereocenters. The molecule has 0 bridgehead atoms. The molecule has 1 aliphatic heterocycles. The predicted octanol–water partition coefficient (Wildman–Crippen LogP) is 3.63. The van der Waals surface area contributed by atoms with Crippen molar-refractivity contribution < 1.29 is 9.53 Å². The van der Waals surface area contributed by atoms with Crippen LogP contribution in [0.1, 0.15) is 28.4 Å². The van der Waals surface area contributed by atoms with Crippen molar-refractivity contribution in [3.05, 3.63) is 60.2 Å². The number of carbonyl (C=O) groups excluding carboxylic acids is 1. The lowest BCUT2D eigenvalue weighted by molar-refractivity contribution is 0.0393. The highest BCUT2D eigenvalue weighted by Crippen LogP contribution is 2.37. The van der Waals surface area contributed by atoms with Gasteiger partial charge in [-0.05, 0) is 10.8 Å². The third-order valence-corrected chi connectivity index (χ3v) is 3.14. The molecule has 2 heteroatoms. The van der Waals surface area contributed by atoms with Gasteiger partial charge in [0.25, 0.3) is 0 Å². The molecule has 1 unspecified atom stereocenters. The topological polar surface area (TPSA) is 26.3 Å². The second-order valence-corrected chi connectivity index (χ2v) is 4.17. The number of fused-ring (bicyclic) bond motifs is 3. The predicted molar refractivity (Wildman–Crippen MR) is 66.9 cm³/mol. The molecule has 0 N–H and O–H groups in total. The van der Waals surface area contributed by atoms with E-state index in [1.54, 1.807) is 6.08 Å². The first-order chi connectivity index (χ1) is 8.31. The molecule has 0 radical (unpaired) electrons. The van der Waals surface area contributed by atoms with E-state index in [1.807, 2.05) is 36.4 Å². The number of hydrogen-bond donors (Lipinski definition) is 0. The minimum atomic E-state index is -0.219. The molecule has 2 aromatic rings. The van der Waals surface area contributed by atoms with Crippen LogP contribution < -0.4 is 0 Å². The van der Waals surface area contributed by atoms with E-state index < -0.39 is 0 Å². The number of rotatable bonds is 2. The summed E-state index contributed by atoms with van der Waals surface area (Å²) < 4.78 is 5.37. The van der Waals surface area contributed by atoms with Gasteiger partial charge in [0.05, 0.1) is 5.56 Å². The van der Waals surface area contributed by atoms with Crippen molar-refractivity contribution in [1.29, 1.82) is 0 Å². The summed E-state index contributed by atoms with van der Waals surface area (Å²) in [4.78, 5) is 11.9. The van der Waals surface area contributed by atoms with Gasteiger partial charge in [-0.3, -0.25) is 0 Å². The molecule has 17 heavy (non-hydrogen) atoms. The molecular weight excluding hydrogens is 212 g/mol. The molecule has 0 aromatic heterocycles. The molecule has 3 rings (SSSR count). The summed E-state index contributed by atoms with van der Waals surface area (Å²) in [6.07, 6.45) is 2.28. The number of esters is 1. The van der Waals surface area contributed by atoms with E-state index in [1.165, 1.54) is 0 Å². The maximum absolute atomic E-state index is 11.9. The Bertz CT molecular complexity index is 613. The Morgan fingerprint density at radius 2 is 2.06 bits per heavy atom. The average Bonchev–Trinajstić information content (AvgIpc) is 2.67. The first kappa shape index (κ1) is 10.1. The third kappa shape index (κ3) is 1.45. The molecule has 1 heterocycles. The Morgan fingerprint density at radius 3 is 2.88 bits per heavy atom. The van der Waals surface area contributed by atoms with Crippen LogP contribution in [0.25, 0.3) is 10.8 Å². The lowest BCUT2D eigenvalue weighted by atomic mass is 9.97. The van der Waals surface area contributed by atoms with Crippen LogP contribution in [0.4, 0.5) is 0 Å². The number of ether oxygens (including phenoxy) is 1. The van der Waals surface area contributed by atoms with Crippen LogP contribution in [-0.2, 0) is 4.74 Å². The largest absolute Gasteiger partial charge is 0.454 e. The second kappa shape index (κ2) is 3.74. The van der Waals surface area contributed by atoms with Crippen LogP contribution in [0.3, 0.4) is 0 Å². The van der Waals surface area contributed by atoms with Gasteiger partial charge in [0.15, 0.2) is 0 Å². The van der Waals surface area contributed by atoms with Crippen molar-refractivity contribution in [2.45, 2.75) is 12.5 Å². The van der Waals surface area contributed by atoms with Gasteiger partial charge in [-0.25, -0.2) is 4.79 Å². The minimum absolute atomic E-state index is 0.167. The van der Waals surface area contributed by atoms with Gasteiger partial charge in [-0.1, -0.05) is 42.5 Å². The summed E-state index contributed by atoms with van der Waals surface area (Å²) in [5, 5.41) is 2.05.